The summed E-state index contributed by atoms with van der Waals surface area (Å²) in [7, 11) is 3.28. The Bertz CT molecular complexity index is 382. The van der Waals surface area contributed by atoms with E-state index in [4.69, 9.17) is 9.47 Å². The van der Waals surface area contributed by atoms with Crippen molar-refractivity contribution in [3.63, 3.8) is 0 Å². The minimum Gasteiger partial charge on any atom is -0.496 e. The molecule has 0 aliphatic carbocycles. The van der Waals surface area contributed by atoms with E-state index in [1.165, 1.54) is 5.56 Å². The molecular formula is C15H25NO3. The summed E-state index contributed by atoms with van der Waals surface area (Å²) < 4.78 is 10.3. The minimum atomic E-state index is -0.412. The molecule has 0 heterocycles. The Morgan fingerprint density at radius 3 is 2.68 bits per heavy atom. The van der Waals surface area contributed by atoms with Crippen molar-refractivity contribution in [1.82, 2.24) is 5.32 Å². The Balaban J connectivity index is 2.51. The lowest BCUT2D eigenvalue weighted by molar-refractivity contribution is 0.0590. The van der Waals surface area contributed by atoms with E-state index in [9.17, 15) is 5.11 Å². The fourth-order valence-corrected chi connectivity index (χ4v) is 2.03. The topological polar surface area (TPSA) is 50.7 Å². The van der Waals surface area contributed by atoms with Crippen LogP contribution in [-0.4, -0.2) is 38.6 Å². The van der Waals surface area contributed by atoms with Crippen LogP contribution in [0.2, 0.25) is 0 Å². The lowest BCUT2D eigenvalue weighted by atomic mass is 10.0. The van der Waals surface area contributed by atoms with Gasteiger partial charge in [-0.05, 0) is 38.4 Å². The van der Waals surface area contributed by atoms with E-state index in [0.29, 0.717) is 13.0 Å². The number of aryl methyl sites for hydroxylation is 1. The second-order valence-corrected chi connectivity index (χ2v) is 4.82. The molecule has 2 N–H and O–H groups in total. The van der Waals surface area contributed by atoms with Crippen molar-refractivity contribution in [3.8, 4) is 5.75 Å². The fraction of sp³-hybridized carbons (Fsp3) is 0.600. The molecule has 0 saturated carbocycles. The van der Waals surface area contributed by atoms with Gasteiger partial charge < -0.3 is 19.9 Å². The summed E-state index contributed by atoms with van der Waals surface area (Å²) in [5.74, 6) is 0.900. The smallest absolute Gasteiger partial charge is 0.123 e. The maximum atomic E-state index is 9.58. The number of aliphatic hydroxyl groups is 1. The van der Waals surface area contributed by atoms with Crippen LogP contribution in [0.3, 0.4) is 0 Å². The molecule has 0 aromatic heterocycles. The summed E-state index contributed by atoms with van der Waals surface area (Å²) in [5.41, 5.74) is 2.32. The average Bonchev–Trinajstić information content (AvgIpc) is 2.38. The number of rotatable bonds is 8. The van der Waals surface area contributed by atoms with Crippen LogP contribution in [0.4, 0.5) is 0 Å². The van der Waals surface area contributed by atoms with Crippen LogP contribution in [0.1, 0.15) is 30.5 Å². The molecule has 4 nitrogen and oxygen atoms in total. The van der Waals surface area contributed by atoms with E-state index in [-0.39, 0.29) is 6.04 Å². The van der Waals surface area contributed by atoms with Crippen molar-refractivity contribution in [3.05, 3.63) is 29.3 Å². The SMILES string of the molecule is COCC(O)CCNC(C)c1ccc(C)cc1OC. The number of hydrogen-bond donors (Lipinski definition) is 2. The quantitative estimate of drug-likeness (QED) is 0.757. The summed E-state index contributed by atoms with van der Waals surface area (Å²) in [4.78, 5) is 0. The van der Waals surface area contributed by atoms with Gasteiger partial charge in [0.25, 0.3) is 0 Å². The molecule has 4 heteroatoms. The molecular weight excluding hydrogens is 242 g/mol. The van der Waals surface area contributed by atoms with Crippen molar-refractivity contribution >= 4 is 0 Å². The number of hydrogen-bond acceptors (Lipinski definition) is 4. The largest absolute Gasteiger partial charge is 0.496 e. The molecule has 1 aromatic rings. The molecule has 0 aliphatic heterocycles. The second-order valence-electron chi connectivity index (χ2n) is 4.82. The van der Waals surface area contributed by atoms with Gasteiger partial charge >= 0.3 is 0 Å². The minimum absolute atomic E-state index is 0.185. The lowest BCUT2D eigenvalue weighted by Gasteiger charge is -2.18. The van der Waals surface area contributed by atoms with Crippen LogP contribution in [0, 0.1) is 6.92 Å². The Morgan fingerprint density at radius 2 is 2.05 bits per heavy atom. The van der Waals surface area contributed by atoms with Gasteiger partial charge in [0, 0.05) is 18.7 Å². The van der Waals surface area contributed by atoms with Gasteiger partial charge in [-0.15, -0.1) is 0 Å². The van der Waals surface area contributed by atoms with Crippen LogP contribution in [0.25, 0.3) is 0 Å². The maximum Gasteiger partial charge on any atom is 0.123 e. The van der Waals surface area contributed by atoms with Gasteiger partial charge in [-0.3, -0.25) is 0 Å². The highest BCUT2D eigenvalue weighted by Gasteiger charge is 2.11. The Kier molecular flexibility index (Phi) is 6.84. The zero-order chi connectivity index (χ0) is 14.3. The standard InChI is InChI=1S/C15H25NO3/c1-11-5-6-14(15(9-11)19-4)12(2)16-8-7-13(17)10-18-3/h5-6,9,12-13,16-17H,7-8,10H2,1-4H3. The van der Waals surface area contributed by atoms with Gasteiger partial charge in [0.05, 0.1) is 19.8 Å². The van der Waals surface area contributed by atoms with E-state index in [1.54, 1.807) is 14.2 Å². The van der Waals surface area contributed by atoms with Crippen molar-refractivity contribution in [2.45, 2.75) is 32.4 Å². The second kappa shape index (κ2) is 8.15. The third-order valence-electron chi connectivity index (χ3n) is 3.14. The Labute approximate surface area is 115 Å². The molecule has 0 aliphatic rings. The molecule has 108 valence electrons. The molecule has 2 unspecified atom stereocenters. The third kappa shape index (κ3) is 5.19. The van der Waals surface area contributed by atoms with Crippen LogP contribution >= 0.6 is 0 Å². The van der Waals surface area contributed by atoms with Crippen molar-refractivity contribution in [1.29, 1.82) is 0 Å². The molecule has 2 atom stereocenters. The molecule has 19 heavy (non-hydrogen) atoms. The van der Waals surface area contributed by atoms with Crippen LogP contribution < -0.4 is 10.1 Å². The number of nitrogens with one attached hydrogen (secondary N) is 1. The van der Waals surface area contributed by atoms with Crippen molar-refractivity contribution < 1.29 is 14.6 Å². The molecule has 0 amide bonds. The molecule has 0 bridgehead atoms. The number of ether oxygens (including phenoxy) is 2. The van der Waals surface area contributed by atoms with E-state index >= 15 is 0 Å². The highest BCUT2D eigenvalue weighted by Crippen LogP contribution is 2.25. The van der Waals surface area contributed by atoms with Gasteiger partial charge in [-0.25, -0.2) is 0 Å². The summed E-state index contributed by atoms with van der Waals surface area (Å²) in [6.45, 7) is 5.26. The van der Waals surface area contributed by atoms with Gasteiger partial charge in [0.2, 0.25) is 0 Å². The first kappa shape index (κ1) is 16.0. The molecule has 0 saturated heterocycles. The first-order valence-electron chi connectivity index (χ1n) is 6.63. The van der Waals surface area contributed by atoms with Crippen LogP contribution in [-0.2, 0) is 4.74 Å². The Hall–Kier alpha value is -1.10. The predicted molar refractivity (Wildman–Crippen MR) is 76.6 cm³/mol. The average molecular weight is 267 g/mol. The zero-order valence-electron chi connectivity index (χ0n) is 12.3. The molecule has 0 radical (unpaired) electrons. The molecule has 1 aromatic carbocycles. The van der Waals surface area contributed by atoms with Crippen LogP contribution in [0.15, 0.2) is 18.2 Å². The van der Waals surface area contributed by atoms with Crippen molar-refractivity contribution in [2.24, 2.45) is 0 Å². The third-order valence-corrected chi connectivity index (χ3v) is 3.14. The van der Waals surface area contributed by atoms with Gasteiger partial charge in [0.1, 0.15) is 5.75 Å². The van der Waals surface area contributed by atoms with Crippen molar-refractivity contribution in [2.75, 3.05) is 27.4 Å². The summed E-state index contributed by atoms with van der Waals surface area (Å²) in [5, 5.41) is 13.0. The normalized spacial score (nSPS) is 14.2. The molecule has 1 rings (SSSR count). The monoisotopic (exact) mass is 267 g/mol. The molecule has 0 fully saturated rings. The number of benzene rings is 1. The number of aliphatic hydroxyl groups excluding tert-OH is 1. The molecule has 0 spiro atoms. The van der Waals surface area contributed by atoms with Gasteiger partial charge in [0.15, 0.2) is 0 Å². The zero-order valence-corrected chi connectivity index (χ0v) is 12.3. The summed E-state index contributed by atoms with van der Waals surface area (Å²) in [6.07, 6.45) is 0.261. The Morgan fingerprint density at radius 1 is 1.32 bits per heavy atom. The lowest BCUT2D eigenvalue weighted by Crippen LogP contribution is -2.25. The first-order chi connectivity index (χ1) is 9.08. The summed E-state index contributed by atoms with van der Waals surface area (Å²) >= 11 is 0. The van der Waals surface area contributed by atoms with Crippen LogP contribution in [0.5, 0.6) is 5.75 Å². The van der Waals surface area contributed by atoms with Gasteiger partial charge in [-0.1, -0.05) is 12.1 Å². The van der Waals surface area contributed by atoms with E-state index in [1.807, 2.05) is 13.0 Å². The van der Waals surface area contributed by atoms with Gasteiger partial charge in [-0.2, -0.15) is 0 Å². The van der Waals surface area contributed by atoms with E-state index in [0.717, 1.165) is 17.9 Å². The highest BCUT2D eigenvalue weighted by atomic mass is 16.5. The van der Waals surface area contributed by atoms with E-state index in [2.05, 4.69) is 24.4 Å². The predicted octanol–water partition coefficient (Wildman–Crippen LogP) is 2.05. The fourth-order valence-electron chi connectivity index (χ4n) is 2.03. The summed E-state index contributed by atoms with van der Waals surface area (Å²) in [6, 6.07) is 6.38. The maximum absolute atomic E-state index is 9.58. The first-order valence-corrected chi connectivity index (χ1v) is 6.63. The van der Waals surface area contributed by atoms with E-state index < -0.39 is 6.10 Å². The highest BCUT2D eigenvalue weighted by molar-refractivity contribution is 5.38. The number of methoxy groups -OCH3 is 2.